The van der Waals surface area contributed by atoms with Crippen molar-refractivity contribution in [3.63, 3.8) is 0 Å². The highest BCUT2D eigenvalue weighted by Gasteiger charge is 2.45. The third-order valence-electron chi connectivity index (χ3n) is 4.14. The first-order chi connectivity index (χ1) is 9.16. The highest BCUT2D eigenvalue weighted by atomic mass is 32.2. The van der Waals surface area contributed by atoms with Gasteiger partial charge in [0.25, 0.3) is 0 Å². The van der Waals surface area contributed by atoms with Crippen LogP contribution in [-0.2, 0) is 15.6 Å². The molecule has 0 amide bonds. The molecule has 4 atom stereocenters. The Morgan fingerprint density at radius 2 is 2.00 bits per heavy atom. The van der Waals surface area contributed by atoms with Crippen LogP contribution in [0.4, 0.5) is 0 Å². The van der Waals surface area contributed by atoms with Crippen molar-refractivity contribution in [2.45, 2.75) is 55.4 Å². The number of rotatable bonds is 2. The van der Waals surface area contributed by atoms with Crippen LogP contribution in [-0.4, -0.2) is 33.2 Å². The molecule has 3 rings (SSSR count). The van der Waals surface area contributed by atoms with Gasteiger partial charge in [-0.3, -0.25) is 9.05 Å². The van der Waals surface area contributed by atoms with Gasteiger partial charge < -0.3 is 0 Å². The van der Waals surface area contributed by atoms with Gasteiger partial charge in [0.2, 0.25) is 0 Å². The van der Waals surface area contributed by atoms with Crippen LogP contribution < -0.4 is 0 Å². The smallest absolute Gasteiger partial charge is 0.0928 e. The first-order valence-corrected chi connectivity index (χ1v) is 8.29. The first-order valence-electron chi connectivity index (χ1n) is 7.07. The van der Waals surface area contributed by atoms with Gasteiger partial charge in [-0.2, -0.15) is 5.06 Å². The van der Waals surface area contributed by atoms with Gasteiger partial charge in [-0.15, -0.1) is 0 Å². The molecule has 1 aromatic carbocycles. The Morgan fingerprint density at radius 3 is 2.74 bits per heavy atom. The quantitative estimate of drug-likeness (QED) is 0.833. The Bertz CT molecular complexity index is 474. The average molecular weight is 279 g/mol. The summed E-state index contributed by atoms with van der Waals surface area (Å²) in [5, 5.41) is 2.17. The number of benzene rings is 1. The number of piperidine rings is 1. The van der Waals surface area contributed by atoms with E-state index in [9.17, 15) is 4.21 Å². The van der Waals surface area contributed by atoms with Crippen LogP contribution in [0.5, 0.6) is 0 Å². The standard InChI is InChI=1S/C15H21NO2S/c1-11-6-8-13(9-7-11)19(17)15-12(2)18-16-10-4-3-5-14(15)16/h6-9,12,14-15H,3-5,10H2,1-2H3/t12-,14-,15+,19-/m0/s1. The molecule has 0 saturated carbocycles. The zero-order valence-corrected chi connectivity index (χ0v) is 12.4. The number of hydroxylamine groups is 2. The molecule has 0 N–H and O–H groups in total. The van der Waals surface area contributed by atoms with Crippen molar-refractivity contribution >= 4 is 10.8 Å². The summed E-state index contributed by atoms with van der Waals surface area (Å²) in [6, 6.07) is 8.37. The lowest BCUT2D eigenvalue weighted by Crippen LogP contribution is -2.41. The van der Waals surface area contributed by atoms with Crippen LogP contribution in [0.2, 0.25) is 0 Å². The fraction of sp³-hybridized carbons (Fsp3) is 0.600. The van der Waals surface area contributed by atoms with Crippen molar-refractivity contribution in [1.82, 2.24) is 5.06 Å². The van der Waals surface area contributed by atoms with Crippen molar-refractivity contribution < 1.29 is 9.05 Å². The van der Waals surface area contributed by atoms with Crippen LogP contribution >= 0.6 is 0 Å². The molecule has 3 nitrogen and oxygen atoms in total. The molecule has 2 aliphatic rings. The van der Waals surface area contributed by atoms with Crippen LogP contribution in [0.15, 0.2) is 29.2 Å². The van der Waals surface area contributed by atoms with Gasteiger partial charge in [0.05, 0.1) is 28.2 Å². The van der Waals surface area contributed by atoms with E-state index < -0.39 is 10.8 Å². The van der Waals surface area contributed by atoms with Crippen LogP contribution in [0.3, 0.4) is 0 Å². The number of aryl methyl sites for hydroxylation is 1. The van der Waals surface area contributed by atoms with Crippen molar-refractivity contribution in [2.75, 3.05) is 6.54 Å². The number of hydrogen-bond donors (Lipinski definition) is 0. The molecule has 0 aromatic heterocycles. The van der Waals surface area contributed by atoms with Crippen LogP contribution in [0, 0.1) is 6.92 Å². The van der Waals surface area contributed by atoms with E-state index in [-0.39, 0.29) is 11.4 Å². The summed E-state index contributed by atoms with van der Waals surface area (Å²) < 4.78 is 12.8. The molecule has 104 valence electrons. The molecule has 2 heterocycles. The van der Waals surface area contributed by atoms with Gasteiger partial charge in [-0.25, -0.2) is 0 Å². The second-order valence-electron chi connectivity index (χ2n) is 5.59. The fourth-order valence-corrected chi connectivity index (χ4v) is 4.80. The average Bonchev–Trinajstić information content (AvgIpc) is 2.74. The van der Waals surface area contributed by atoms with Crippen LogP contribution in [0.25, 0.3) is 0 Å². The van der Waals surface area contributed by atoms with Crippen molar-refractivity contribution in [2.24, 2.45) is 0 Å². The highest BCUT2D eigenvalue weighted by Crippen LogP contribution is 2.34. The molecule has 0 aliphatic carbocycles. The third kappa shape index (κ3) is 2.49. The number of nitrogens with zero attached hydrogens (tertiary/aromatic N) is 1. The Hall–Kier alpha value is -0.710. The Labute approximate surface area is 117 Å². The molecular formula is C15H21NO2S. The predicted molar refractivity (Wildman–Crippen MR) is 76.3 cm³/mol. The lowest BCUT2D eigenvalue weighted by molar-refractivity contribution is -0.166. The summed E-state index contributed by atoms with van der Waals surface area (Å²) in [4.78, 5) is 6.81. The number of hydrogen-bond acceptors (Lipinski definition) is 3. The van der Waals surface area contributed by atoms with Gasteiger partial charge >= 0.3 is 0 Å². The van der Waals surface area contributed by atoms with E-state index >= 15 is 0 Å². The molecule has 1 aromatic rings. The second-order valence-corrected chi connectivity index (χ2v) is 7.20. The maximum atomic E-state index is 12.8. The monoisotopic (exact) mass is 279 g/mol. The summed E-state index contributed by atoms with van der Waals surface area (Å²) >= 11 is 0. The minimum atomic E-state index is -0.982. The molecular weight excluding hydrogens is 258 g/mol. The van der Waals surface area contributed by atoms with E-state index in [1.165, 1.54) is 18.4 Å². The molecule has 0 bridgehead atoms. The highest BCUT2D eigenvalue weighted by molar-refractivity contribution is 7.85. The molecule has 0 spiro atoms. The minimum Gasteiger partial charge on any atom is -0.294 e. The maximum absolute atomic E-state index is 12.8. The first kappa shape index (κ1) is 13.3. The van der Waals surface area contributed by atoms with Crippen molar-refractivity contribution in [1.29, 1.82) is 0 Å². The second kappa shape index (κ2) is 5.35. The zero-order chi connectivity index (χ0) is 13.4. The lowest BCUT2D eigenvalue weighted by atomic mass is 10.0. The summed E-state index contributed by atoms with van der Waals surface area (Å²) in [5.74, 6) is 0. The lowest BCUT2D eigenvalue weighted by Gasteiger charge is -2.29. The summed E-state index contributed by atoms with van der Waals surface area (Å²) in [5.41, 5.74) is 1.20. The van der Waals surface area contributed by atoms with E-state index in [4.69, 9.17) is 4.84 Å². The summed E-state index contributed by atoms with van der Waals surface area (Å²) in [6.07, 6.45) is 3.56. The van der Waals surface area contributed by atoms with Crippen molar-refractivity contribution in [3.05, 3.63) is 29.8 Å². The van der Waals surface area contributed by atoms with E-state index in [0.29, 0.717) is 6.04 Å². The van der Waals surface area contributed by atoms with Gasteiger partial charge in [0.1, 0.15) is 0 Å². The largest absolute Gasteiger partial charge is 0.294 e. The fourth-order valence-electron chi connectivity index (χ4n) is 3.12. The van der Waals surface area contributed by atoms with Gasteiger partial charge in [0.15, 0.2) is 0 Å². The molecule has 19 heavy (non-hydrogen) atoms. The zero-order valence-electron chi connectivity index (χ0n) is 11.5. The van der Waals surface area contributed by atoms with E-state index in [1.54, 1.807) is 0 Å². The molecule has 0 radical (unpaired) electrons. The van der Waals surface area contributed by atoms with E-state index in [0.717, 1.165) is 17.9 Å². The molecule has 2 saturated heterocycles. The Balaban J connectivity index is 1.84. The van der Waals surface area contributed by atoms with Gasteiger partial charge in [0, 0.05) is 11.4 Å². The summed E-state index contributed by atoms with van der Waals surface area (Å²) in [6.45, 7) is 5.09. The predicted octanol–water partition coefficient (Wildman–Crippen LogP) is 2.66. The summed E-state index contributed by atoms with van der Waals surface area (Å²) in [7, 11) is -0.982. The minimum absolute atomic E-state index is 0.0465. The SMILES string of the molecule is Cc1ccc([S@](=O)[C@@H]2[C@H](C)ON3CCCC[C@@H]23)cc1. The van der Waals surface area contributed by atoms with E-state index in [2.05, 4.69) is 18.9 Å². The molecule has 0 unspecified atom stereocenters. The topological polar surface area (TPSA) is 29.5 Å². The Morgan fingerprint density at radius 1 is 1.26 bits per heavy atom. The maximum Gasteiger partial charge on any atom is 0.0928 e. The van der Waals surface area contributed by atoms with E-state index in [1.807, 2.05) is 24.3 Å². The molecule has 4 heteroatoms. The molecule has 2 aliphatic heterocycles. The van der Waals surface area contributed by atoms with Gasteiger partial charge in [-0.1, -0.05) is 24.1 Å². The van der Waals surface area contributed by atoms with Crippen LogP contribution in [0.1, 0.15) is 31.7 Å². The van der Waals surface area contributed by atoms with Gasteiger partial charge in [-0.05, 0) is 38.8 Å². The molecule has 2 fully saturated rings. The number of fused-ring (bicyclic) bond motifs is 1. The normalized spacial score (nSPS) is 33.1. The Kier molecular flexibility index (Phi) is 3.74. The third-order valence-corrected chi connectivity index (χ3v) is 6.07. The van der Waals surface area contributed by atoms with Crippen molar-refractivity contribution in [3.8, 4) is 0 Å².